The van der Waals surface area contributed by atoms with E-state index in [0.29, 0.717) is 59.5 Å². The molecule has 6 aromatic rings. The van der Waals surface area contributed by atoms with Crippen LogP contribution in [0.25, 0.3) is 44.1 Å². The molecule has 226 valence electrons. The molecular formula is C35H26F4N4O2. The Morgan fingerprint density at radius 2 is 0.956 bits per heavy atom. The third-order valence-electron chi connectivity index (χ3n) is 8.15. The monoisotopic (exact) mass is 610 g/mol. The molecule has 0 saturated heterocycles. The van der Waals surface area contributed by atoms with E-state index in [2.05, 4.69) is 10.6 Å². The van der Waals surface area contributed by atoms with Crippen molar-refractivity contribution in [2.24, 2.45) is 0 Å². The molecule has 10 heteroatoms. The second-order valence-corrected chi connectivity index (χ2v) is 11.0. The summed E-state index contributed by atoms with van der Waals surface area (Å²) in [5.74, 6) is -1.74. The Morgan fingerprint density at radius 3 is 1.44 bits per heavy atom. The summed E-state index contributed by atoms with van der Waals surface area (Å²) in [6, 6.07) is 21.0. The molecule has 8 rings (SSSR count). The summed E-state index contributed by atoms with van der Waals surface area (Å²) in [7, 11) is 0. The summed E-state index contributed by atoms with van der Waals surface area (Å²) < 4.78 is 58.1. The van der Waals surface area contributed by atoms with Gasteiger partial charge in [-0.1, -0.05) is 24.3 Å². The van der Waals surface area contributed by atoms with Crippen molar-refractivity contribution in [2.75, 3.05) is 13.1 Å². The van der Waals surface area contributed by atoms with E-state index in [1.165, 1.54) is 48.5 Å². The summed E-state index contributed by atoms with van der Waals surface area (Å²) in [5, 5.41) is 6.97. The fourth-order valence-electron chi connectivity index (χ4n) is 6.20. The molecule has 4 aromatic carbocycles. The number of nitrogens with zero attached hydrogens (tertiary/aromatic N) is 2. The number of fused-ring (bicyclic) bond motifs is 6. The smallest absolute Gasteiger partial charge is 0.268 e. The van der Waals surface area contributed by atoms with Crippen LogP contribution in [0, 0.1) is 23.3 Å². The quantitative estimate of drug-likeness (QED) is 0.207. The molecule has 4 heterocycles. The molecule has 0 fully saturated rings. The number of amides is 2. The normalized spacial score (nSPS) is 14.2. The van der Waals surface area contributed by atoms with Crippen molar-refractivity contribution < 1.29 is 27.2 Å². The van der Waals surface area contributed by atoms with Gasteiger partial charge >= 0.3 is 0 Å². The Hall–Kier alpha value is -5.38. The lowest BCUT2D eigenvalue weighted by Crippen LogP contribution is -2.34. The highest BCUT2D eigenvalue weighted by Gasteiger charge is 2.23. The van der Waals surface area contributed by atoms with Crippen molar-refractivity contribution in [3.63, 3.8) is 0 Å². The van der Waals surface area contributed by atoms with E-state index in [4.69, 9.17) is 0 Å². The maximum Gasteiger partial charge on any atom is 0.268 e. The molecule has 2 N–H and O–H groups in total. The van der Waals surface area contributed by atoms with Gasteiger partial charge in [0.1, 0.15) is 34.7 Å². The molecule has 2 aliphatic rings. The molecule has 0 radical (unpaired) electrons. The lowest BCUT2D eigenvalue weighted by Gasteiger charge is -2.18. The first-order chi connectivity index (χ1) is 21.8. The van der Waals surface area contributed by atoms with Gasteiger partial charge in [-0.2, -0.15) is 0 Å². The fourth-order valence-corrected chi connectivity index (χ4v) is 6.20. The van der Waals surface area contributed by atoms with Crippen LogP contribution in [-0.4, -0.2) is 34.0 Å². The summed E-state index contributed by atoms with van der Waals surface area (Å²) in [6.45, 7) is 2.47. The zero-order chi connectivity index (χ0) is 31.2. The van der Waals surface area contributed by atoms with Crippen molar-refractivity contribution >= 4 is 33.6 Å². The van der Waals surface area contributed by atoms with Crippen LogP contribution in [-0.2, 0) is 13.1 Å². The van der Waals surface area contributed by atoms with E-state index in [0.717, 1.165) is 28.6 Å². The summed E-state index contributed by atoms with van der Waals surface area (Å²) >= 11 is 0. The topological polar surface area (TPSA) is 68.1 Å². The minimum absolute atomic E-state index is 0.149. The second kappa shape index (κ2) is 11.3. The van der Waals surface area contributed by atoms with Gasteiger partial charge in [0.2, 0.25) is 0 Å². The van der Waals surface area contributed by atoms with E-state index in [-0.39, 0.29) is 35.1 Å². The van der Waals surface area contributed by atoms with Crippen molar-refractivity contribution in [3.05, 3.63) is 120 Å². The predicted octanol–water partition coefficient (Wildman–Crippen LogP) is 7.05. The number of aromatic nitrogens is 2. The number of carbonyl (C=O) groups excluding carboxylic acids is 2. The summed E-state index contributed by atoms with van der Waals surface area (Å²) in [4.78, 5) is 24.1. The van der Waals surface area contributed by atoms with Gasteiger partial charge in [-0.3, -0.25) is 9.59 Å². The highest BCUT2D eigenvalue weighted by Crippen LogP contribution is 2.35. The molecular weight excluding hydrogens is 584 g/mol. The van der Waals surface area contributed by atoms with Crippen LogP contribution in [0.3, 0.4) is 0 Å². The lowest BCUT2D eigenvalue weighted by molar-refractivity contribution is 0.0926. The maximum absolute atomic E-state index is 14.0. The Bertz CT molecular complexity index is 2120. The standard InChI is InChI=1S/C18H14F2N2O.C17H12F2N2O/c19-13-4-2-11(3-5-13)15-10-14(20)8-12-9-16-18(23)21-6-1-7-22(16)17(12)15;18-12-3-1-10(2-4-12)14-9-13(19)7-11-8-15-17(22)20-5-6-21(15)16(11)14/h2-5,8-10H,1,6-7H2,(H,21,23);1-4,7-9H,5-6H2,(H,20,22). The van der Waals surface area contributed by atoms with Gasteiger partial charge in [0.15, 0.2) is 0 Å². The molecule has 0 unspecified atom stereocenters. The molecule has 6 nitrogen and oxygen atoms in total. The van der Waals surface area contributed by atoms with Gasteiger partial charge in [-0.05, 0) is 78.2 Å². The van der Waals surface area contributed by atoms with Crippen molar-refractivity contribution in [1.29, 1.82) is 0 Å². The molecule has 2 aromatic heterocycles. The number of nitrogens with one attached hydrogen (secondary N) is 2. The molecule has 45 heavy (non-hydrogen) atoms. The molecule has 0 spiro atoms. The molecule has 0 atom stereocenters. The first-order valence-electron chi connectivity index (χ1n) is 14.5. The van der Waals surface area contributed by atoms with Gasteiger partial charge in [-0.25, -0.2) is 17.6 Å². The second-order valence-electron chi connectivity index (χ2n) is 11.0. The van der Waals surface area contributed by atoms with Gasteiger partial charge in [0, 0.05) is 48.1 Å². The minimum atomic E-state index is -0.379. The number of hydrogen-bond donors (Lipinski definition) is 2. The number of halogens is 4. The van der Waals surface area contributed by atoms with Gasteiger partial charge in [0.05, 0.1) is 11.0 Å². The molecule has 0 aliphatic carbocycles. The number of aryl methyl sites for hydroxylation is 1. The highest BCUT2D eigenvalue weighted by atomic mass is 19.1. The first kappa shape index (κ1) is 28.4. The van der Waals surface area contributed by atoms with E-state index in [1.807, 2.05) is 9.13 Å². The van der Waals surface area contributed by atoms with E-state index >= 15 is 0 Å². The fraction of sp³-hybridized carbons (Fsp3) is 0.143. The van der Waals surface area contributed by atoms with Crippen LogP contribution < -0.4 is 10.6 Å². The van der Waals surface area contributed by atoms with E-state index < -0.39 is 0 Å². The molecule has 2 aliphatic heterocycles. The van der Waals surface area contributed by atoms with Crippen LogP contribution in [0.1, 0.15) is 27.4 Å². The maximum atomic E-state index is 14.0. The molecule has 0 saturated carbocycles. The molecule has 0 bridgehead atoms. The average molecular weight is 611 g/mol. The highest BCUT2D eigenvalue weighted by molar-refractivity contribution is 6.04. The predicted molar refractivity (Wildman–Crippen MR) is 164 cm³/mol. The minimum Gasteiger partial charge on any atom is -0.351 e. The third kappa shape index (κ3) is 5.22. The van der Waals surface area contributed by atoms with Crippen LogP contribution in [0.2, 0.25) is 0 Å². The van der Waals surface area contributed by atoms with Gasteiger partial charge < -0.3 is 19.8 Å². The van der Waals surface area contributed by atoms with Crippen molar-refractivity contribution in [2.45, 2.75) is 19.5 Å². The zero-order valence-electron chi connectivity index (χ0n) is 23.8. The number of benzene rings is 4. The number of carbonyl (C=O) groups is 2. The first-order valence-corrected chi connectivity index (χ1v) is 14.5. The third-order valence-corrected chi connectivity index (χ3v) is 8.15. The Morgan fingerprint density at radius 1 is 0.511 bits per heavy atom. The van der Waals surface area contributed by atoms with Crippen LogP contribution in [0.5, 0.6) is 0 Å². The van der Waals surface area contributed by atoms with E-state index in [1.54, 1.807) is 36.4 Å². The number of hydrogen-bond acceptors (Lipinski definition) is 2. The summed E-state index contributed by atoms with van der Waals surface area (Å²) in [5.41, 5.74) is 5.45. The SMILES string of the molecule is O=C1NCCCn2c1cc1cc(F)cc(-c3ccc(F)cc3)c12.O=C1NCCn2c1cc1cc(F)cc(-c3ccc(F)cc3)c12. The van der Waals surface area contributed by atoms with Crippen LogP contribution in [0.4, 0.5) is 17.6 Å². The van der Waals surface area contributed by atoms with E-state index in [9.17, 15) is 27.2 Å². The summed E-state index contributed by atoms with van der Waals surface area (Å²) in [6.07, 6.45) is 0.808. The lowest BCUT2D eigenvalue weighted by atomic mass is 10.0. The zero-order valence-corrected chi connectivity index (χ0v) is 23.8. The van der Waals surface area contributed by atoms with Crippen molar-refractivity contribution in [1.82, 2.24) is 19.8 Å². The largest absolute Gasteiger partial charge is 0.351 e. The Kier molecular flexibility index (Phi) is 7.12. The number of rotatable bonds is 2. The van der Waals surface area contributed by atoms with Crippen LogP contribution in [0.15, 0.2) is 84.9 Å². The van der Waals surface area contributed by atoms with Gasteiger partial charge in [0.25, 0.3) is 11.8 Å². The van der Waals surface area contributed by atoms with Crippen molar-refractivity contribution in [3.8, 4) is 22.3 Å². The Labute approximate surface area is 254 Å². The average Bonchev–Trinajstić information content (AvgIpc) is 3.53. The van der Waals surface area contributed by atoms with Gasteiger partial charge in [-0.15, -0.1) is 0 Å². The Balaban J connectivity index is 0.000000145. The molecule has 2 amide bonds. The van der Waals surface area contributed by atoms with Crippen LogP contribution >= 0.6 is 0 Å².